The SMILES string of the molecule is CN(C)c1cccc(C(=O)NNC(=O)c2cccc(F)c2)c1. The highest BCUT2D eigenvalue weighted by atomic mass is 19.1. The molecular formula is C16H16FN3O2. The summed E-state index contributed by atoms with van der Waals surface area (Å²) in [5, 5.41) is 0. The van der Waals surface area contributed by atoms with Crippen LogP contribution in [0.1, 0.15) is 20.7 Å². The van der Waals surface area contributed by atoms with Crippen molar-refractivity contribution in [3.8, 4) is 0 Å². The first-order valence-corrected chi connectivity index (χ1v) is 6.61. The number of hydrazine groups is 1. The lowest BCUT2D eigenvalue weighted by atomic mass is 10.2. The Bertz CT molecular complexity index is 701. The number of anilines is 1. The average molecular weight is 301 g/mol. The summed E-state index contributed by atoms with van der Waals surface area (Å²) in [6, 6.07) is 12.2. The van der Waals surface area contributed by atoms with Crippen LogP contribution >= 0.6 is 0 Å². The molecule has 114 valence electrons. The molecule has 22 heavy (non-hydrogen) atoms. The lowest BCUT2D eigenvalue weighted by Crippen LogP contribution is -2.41. The van der Waals surface area contributed by atoms with Crippen molar-refractivity contribution >= 4 is 17.5 Å². The number of carbonyl (C=O) groups is 2. The summed E-state index contributed by atoms with van der Waals surface area (Å²) in [4.78, 5) is 25.7. The zero-order valence-electron chi connectivity index (χ0n) is 12.3. The lowest BCUT2D eigenvalue weighted by Gasteiger charge is -2.13. The normalized spacial score (nSPS) is 9.95. The molecule has 0 radical (unpaired) electrons. The fourth-order valence-corrected chi connectivity index (χ4v) is 1.81. The maximum absolute atomic E-state index is 13.0. The molecule has 5 nitrogen and oxygen atoms in total. The van der Waals surface area contributed by atoms with E-state index in [2.05, 4.69) is 10.9 Å². The Labute approximate surface area is 127 Å². The monoisotopic (exact) mass is 301 g/mol. The first kappa shape index (κ1) is 15.5. The topological polar surface area (TPSA) is 61.4 Å². The van der Waals surface area contributed by atoms with Crippen LogP contribution in [0.5, 0.6) is 0 Å². The molecule has 0 atom stereocenters. The molecule has 0 heterocycles. The summed E-state index contributed by atoms with van der Waals surface area (Å²) >= 11 is 0. The van der Waals surface area contributed by atoms with Crippen molar-refractivity contribution < 1.29 is 14.0 Å². The van der Waals surface area contributed by atoms with E-state index in [1.54, 1.807) is 18.2 Å². The van der Waals surface area contributed by atoms with Gasteiger partial charge in [0.1, 0.15) is 5.82 Å². The van der Waals surface area contributed by atoms with Gasteiger partial charge in [-0.15, -0.1) is 0 Å². The summed E-state index contributed by atoms with van der Waals surface area (Å²) in [5.41, 5.74) is 5.96. The molecule has 0 bridgehead atoms. The molecule has 2 amide bonds. The minimum atomic E-state index is -0.586. The first-order valence-electron chi connectivity index (χ1n) is 6.61. The molecular weight excluding hydrogens is 285 g/mol. The second kappa shape index (κ2) is 6.71. The highest BCUT2D eigenvalue weighted by Gasteiger charge is 2.10. The van der Waals surface area contributed by atoms with Crippen molar-refractivity contribution in [2.75, 3.05) is 19.0 Å². The van der Waals surface area contributed by atoms with Crippen molar-refractivity contribution in [3.05, 3.63) is 65.5 Å². The molecule has 0 aromatic heterocycles. The number of benzene rings is 2. The number of nitrogens with zero attached hydrogens (tertiary/aromatic N) is 1. The highest BCUT2D eigenvalue weighted by Crippen LogP contribution is 2.13. The molecule has 6 heteroatoms. The number of rotatable bonds is 3. The minimum absolute atomic E-state index is 0.127. The molecule has 2 rings (SSSR count). The van der Waals surface area contributed by atoms with Crippen LogP contribution < -0.4 is 15.8 Å². The van der Waals surface area contributed by atoms with Gasteiger partial charge in [-0.05, 0) is 36.4 Å². The van der Waals surface area contributed by atoms with E-state index in [1.807, 2.05) is 25.1 Å². The second-order valence-corrected chi connectivity index (χ2v) is 4.86. The summed E-state index contributed by atoms with van der Waals surface area (Å²) in [5.74, 6) is -1.55. The van der Waals surface area contributed by atoms with Gasteiger partial charge in [0.05, 0.1) is 0 Å². The van der Waals surface area contributed by atoms with Gasteiger partial charge in [0, 0.05) is 30.9 Å². The van der Waals surface area contributed by atoms with E-state index in [0.29, 0.717) is 5.56 Å². The van der Waals surface area contributed by atoms with Crippen LogP contribution in [0.2, 0.25) is 0 Å². The van der Waals surface area contributed by atoms with Gasteiger partial charge in [-0.1, -0.05) is 12.1 Å². The largest absolute Gasteiger partial charge is 0.378 e. The third-order valence-corrected chi connectivity index (χ3v) is 3.00. The Morgan fingerprint density at radius 1 is 0.909 bits per heavy atom. The zero-order valence-corrected chi connectivity index (χ0v) is 12.3. The summed E-state index contributed by atoms with van der Waals surface area (Å²) in [6.07, 6.45) is 0. The zero-order chi connectivity index (χ0) is 16.1. The molecule has 2 N–H and O–H groups in total. The number of nitrogens with one attached hydrogen (secondary N) is 2. The molecule has 0 unspecified atom stereocenters. The van der Waals surface area contributed by atoms with Crippen LogP contribution in [0, 0.1) is 5.82 Å². The van der Waals surface area contributed by atoms with Crippen LogP contribution in [0.4, 0.5) is 10.1 Å². The van der Waals surface area contributed by atoms with E-state index in [4.69, 9.17) is 0 Å². The van der Waals surface area contributed by atoms with Crippen molar-refractivity contribution in [1.29, 1.82) is 0 Å². The van der Waals surface area contributed by atoms with Crippen molar-refractivity contribution in [2.45, 2.75) is 0 Å². The quantitative estimate of drug-likeness (QED) is 0.852. The summed E-state index contributed by atoms with van der Waals surface area (Å²) < 4.78 is 13.0. The third kappa shape index (κ3) is 3.82. The molecule has 0 saturated carbocycles. The van der Waals surface area contributed by atoms with Crippen molar-refractivity contribution in [3.63, 3.8) is 0 Å². The van der Waals surface area contributed by atoms with Crippen LogP contribution in [0.15, 0.2) is 48.5 Å². The van der Waals surface area contributed by atoms with Crippen LogP contribution in [0.25, 0.3) is 0 Å². The average Bonchev–Trinajstić information content (AvgIpc) is 2.52. The second-order valence-electron chi connectivity index (χ2n) is 4.86. The predicted octanol–water partition coefficient (Wildman–Crippen LogP) is 1.97. The molecule has 0 aliphatic rings. The number of halogens is 1. The van der Waals surface area contributed by atoms with E-state index < -0.39 is 17.6 Å². The van der Waals surface area contributed by atoms with Gasteiger partial charge in [0.25, 0.3) is 11.8 Å². The Kier molecular flexibility index (Phi) is 4.73. The smallest absolute Gasteiger partial charge is 0.269 e. The van der Waals surface area contributed by atoms with Gasteiger partial charge in [-0.3, -0.25) is 20.4 Å². The Hall–Kier alpha value is -2.89. The standard InChI is InChI=1S/C16H16FN3O2/c1-20(2)14-8-4-6-12(10-14)16(22)19-18-15(21)11-5-3-7-13(17)9-11/h3-10H,1-2H3,(H,18,21)(H,19,22). The Balaban J connectivity index is 2.01. The fourth-order valence-electron chi connectivity index (χ4n) is 1.81. The lowest BCUT2D eigenvalue weighted by molar-refractivity contribution is 0.0846. The highest BCUT2D eigenvalue weighted by molar-refractivity contribution is 5.99. The number of hydrogen-bond donors (Lipinski definition) is 2. The fraction of sp³-hybridized carbons (Fsp3) is 0.125. The third-order valence-electron chi connectivity index (χ3n) is 3.00. The van der Waals surface area contributed by atoms with Crippen LogP contribution in [0.3, 0.4) is 0 Å². The van der Waals surface area contributed by atoms with E-state index >= 15 is 0 Å². The number of carbonyl (C=O) groups excluding carboxylic acids is 2. The maximum Gasteiger partial charge on any atom is 0.269 e. The Morgan fingerprint density at radius 2 is 1.45 bits per heavy atom. The number of amides is 2. The van der Waals surface area contributed by atoms with Gasteiger partial charge in [-0.2, -0.15) is 0 Å². The van der Waals surface area contributed by atoms with Gasteiger partial charge >= 0.3 is 0 Å². The van der Waals surface area contributed by atoms with Crippen molar-refractivity contribution in [2.24, 2.45) is 0 Å². The molecule has 0 aliphatic carbocycles. The molecule has 2 aromatic rings. The van der Waals surface area contributed by atoms with Crippen LogP contribution in [-0.4, -0.2) is 25.9 Å². The van der Waals surface area contributed by atoms with E-state index in [1.165, 1.54) is 18.2 Å². The van der Waals surface area contributed by atoms with Crippen molar-refractivity contribution in [1.82, 2.24) is 10.9 Å². The maximum atomic E-state index is 13.0. The molecule has 0 spiro atoms. The summed E-state index contributed by atoms with van der Waals surface area (Å²) in [6.45, 7) is 0. The number of hydrogen-bond acceptors (Lipinski definition) is 3. The van der Waals surface area contributed by atoms with Gasteiger partial charge in [-0.25, -0.2) is 4.39 Å². The van der Waals surface area contributed by atoms with E-state index in [-0.39, 0.29) is 5.56 Å². The van der Waals surface area contributed by atoms with E-state index in [9.17, 15) is 14.0 Å². The van der Waals surface area contributed by atoms with E-state index in [0.717, 1.165) is 11.8 Å². The molecule has 0 aliphatic heterocycles. The van der Waals surface area contributed by atoms with Gasteiger partial charge < -0.3 is 4.90 Å². The Morgan fingerprint density at radius 3 is 2.00 bits per heavy atom. The molecule has 0 fully saturated rings. The summed E-state index contributed by atoms with van der Waals surface area (Å²) in [7, 11) is 3.73. The predicted molar refractivity (Wildman–Crippen MR) is 82.1 cm³/mol. The molecule has 2 aromatic carbocycles. The first-order chi connectivity index (χ1) is 10.5. The van der Waals surface area contributed by atoms with Gasteiger partial charge in [0.2, 0.25) is 0 Å². The van der Waals surface area contributed by atoms with Gasteiger partial charge in [0.15, 0.2) is 0 Å². The molecule has 0 saturated heterocycles. The minimum Gasteiger partial charge on any atom is -0.378 e. The van der Waals surface area contributed by atoms with Crippen LogP contribution in [-0.2, 0) is 0 Å².